The Balaban J connectivity index is 1.96. The largest absolute Gasteiger partial charge is 0.496 e. The van der Waals surface area contributed by atoms with Gasteiger partial charge in [-0.05, 0) is 54.5 Å². The molecule has 0 aliphatic heterocycles. The van der Waals surface area contributed by atoms with E-state index in [-0.39, 0.29) is 0 Å². The van der Waals surface area contributed by atoms with Crippen molar-refractivity contribution < 1.29 is 37.9 Å². The summed E-state index contributed by atoms with van der Waals surface area (Å²) in [5.74, 6) is 2.96. The summed E-state index contributed by atoms with van der Waals surface area (Å²) in [6.45, 7) is 7.88. The Labute approximate surface area is 245 Å². The maximum absolute atomic E-state index is 6.05. The molecule has 3 rings (SSSR count). The van der Waals surface area contributed by atoms with Crippen LogP contribution in [0.5, 0.6) is 23.0 Å². The predicted octanol–water partition coefficient (Wildman–Crippen LogP) is 4.29. The summed E-state index contributed by atoms with van der Waals surface area (Å²) in [6.07, 6.45) is 0. The van der Waals surface area contributed by atoms with Crippen molar-refractivity contribution in [1.82, 2.24) is 0 Å². The molecular formula is C32H43O8P. The third kappa shape index (κ3) is 8.57. The van der Waals surface area contributed by atoms with Crippen LogP contribution in [0.25, 0.3) is 0 Å². The van der Waals surface area contributed by atoms with E-state index < -0.39 is 7.92 Å². The van der Waals surface area contributed by atoms with E-state index in [0.717, 1.165) is 55.6 Å². The quantitative estimate of drug-likeness (QED) is 0.162. The summed E-state index contributed by atoms with van der Waals surface area (Å²) in [5, 5.41) is 3.06. The van der Waals surface area contributed by atoms with Crippen LogP contribution >= 0.6 is 7.92 Å². The fraction of sp³-hybridized carbons (Fsp3) is 0.438. The first-order valence-corrected chi connectivity index (χ1v) is 14.9. The molecule has 0 atom stereocenters. The van der Waals surface area contributed by atoms with Gasteiger partial charge in [-0.2, -0.15) is 0 Å². The van der Waals surface area contributed by atoms with Crippen LogP contribution in [0.1, 0.15) is 16.7 Å². The number of methoxy groups -OCH3 is 5. The fourth-order valence-electron chi connectivity index (χ4n) is 4.52. The molecule has 8 nitrogen and oxygen atoms in total. The Kier molecular flexibility index (Phi) is 13.7. The van der Waals surface area contributed by atoms with Gasteiger partial charge < -0.3 is 37.9 Å². The van der Waals surface area contributed by atoms with Crippen molar-refractivity contribution in [3.05, 3.63) is 65.2 Å². The lowest BCUT2D eigenvalue weighted by atomic mass is 10.1. The Bertz CT molecular complexity index is 1130. The van der Waals surface area contributed by atoms with Crippen LogP contribution in [0.2, 0.25) is 0 Å². The van der Waals surface area contributed by atoms with Crippen molar-refractivity contribution in [2.45, 2.75) is 20.5 Å². The second-order valence-electron chi connectivity index (χ2n) is 9.20. The average molecular weight is 587 g/mol. The predicted molar refractivity (Wildman–Crippen MR) is 164 cm³/mol. The molecule has 3 aromatic carbocycles. The van der Waals surface area contributed by atoms with Crippen molar-refractivity contribution >= 4 is 23.8 Å². The normalized spacial score (nSPS) is 11.1. The van der Waals surface area contributed by atoms with Gasteiger partial charge in [0.15, 0.2) is 0 Å². The van der Waals surface area contributed by atoms with E-state index in [9.17, 15) is 0 Å². The van der Waals surface area contributed by atoms with Crippen molar-refractivity contribution in [3.63, 3.8) is 0 Å². The van der Waals surface area contributed by atoms with Crippen molar-refractivity contribution in [2.75, 3.05) is 75.2 Å². The molecule has 0 radical (unpaired) electrons. The lowest BCUT2D eigenvalue weighted by molar-refractivity contribution is 0.000817. The van der Waals surface area contributed by atoms with Crippen molar-refractivity contribution in [3.8, 4) is 23.0 Å². The number of aryl methyl sites for hydroxylation is 1. The Morgan fingerprint density at radius 3 is 1.44 bits per heavy atom. The molecule has 0 bridgehead atoms. The highest BCUT2D eigenvalue weighted by Gasteiger charge is 2.31. The Hall–Kier alpha value is -2.87. The van der Waals surface area contributed by atoms with Crippen LogP contribution < -0.4 is 34.9 Å². The van der Waals surface area contributed by atoms with Crippen LogP contribution in [0.15, 0.2) is 48.5 Å². The van der Waals surface area contributed by atoms with E-state index in [2.05, 4.69) is 26.0 Å². The number of hydrogen-bond donors (Lipinski definition) is 0. The van der Waals surface area contributed by atoms with E-state index in [0.29, 0.717) is 46.2 Å². The molecule has 0 spiro atoms. The van der Waals surface area contributed by atoms with Gasteiger partial charge in [0.25, 0.3) is 0 Å². The molecule has 9 heteroatoms. The minimum atomic E-state index is -1.24. The van der Waals surface area contributed by atoms with Crippen LogP contribution in [0.4, 0.5) is 0 Å². The maximum Gasteiger partial charge on any atom is 0.130 e. The van der Waals surface area contributed by atoms with Crippen LogP contribution in [0.3, 0.4) is 0 Å². The van der Waals surface area contributed by atoms with Gasteiger partial charge in [0.05, 0.1) is 85.3 Å². The summed E-state index contributed by atoms with van der Waals surface area (Å²) < 4.78 is 45.7. The maximum atomic E-state index is 6.05. The number of hydrogen-bond acceptors (Lipinski definition) is 8. The molecule has 0 fully saturated rings. The zero-order valence-electron chi connectivity index (χ0n) is 25.3. The lowest BCUT2D eigenvalue weighted by Crippen LogP contribution is -2.28. The third-order valence-electron chi connectivity index (χ3n) is 6.56. The van der Waals surface area contributed by atoms with E-state index in [1.807, 2.05) is 36.4 Å². The molecule has 0 saturated carbocycles. The number of rotatable bonds is 18. The average Bonchev–Trinajstić information content (AvgIpc) is 3.00. The molecule has 3 aromatic rings. The standard InChI is InChI=1S/C32H43O8P/c1-23-20-25(22-40-19-18-39-17-16-38-15-14-33-3)24(2)30(21-23)41(31-26(34-4)10-8-11-27(31)35-5)32-28(36-6)12-9-13-29(32)37-7/h8-13,20-21H,14-19,22H2,1-7H3. The lowest BCUT2D eigenvalue weighted by Gasteiger charge is -2.28. The summed E-state index contributed by atoms with van der Waals surface area (Å²) in [7, 11) is 7.14. The summed E-state index contributed by atoms with van der Waals surface area (Å²) in [6, 6.07) is 16.1. The van der Waals surface area contributed by atoms with Crippen LogP contribution in [-0.4, -0.2) is 75.2 Å². The molecule has 0 heterocycles. The van der Waals surface area contributed by atoms with Gasteiger partial charge in [0, 0.05) is 15.0 Å². The van der Waals surface area contributed by atoms with Crippen LogP contribution in [-0.2, 0) is 25.6 Å². The minimum Gasteiger partial charge on any atom is -0.496 e. The summed E-state index contributed by atoms with van der Waals surface area (Å²) >= 11 is 0. The van der Waals surface area contributed by atoms with Gasteiger partial charge in [-0.3, -0.25) is 0 Å². The van der Waals surface area contributed by atoms with E-state index in [4.69, 9.17) is 37.9 Å². The van der Waals surface area contributed by atoms with Gasteiger partial charge in [0.1, 0.15) is 23.0 Å². The van der Waals surface area contributed by atoms with Gasteiger partial charge in [-0.15, -0.1) is 0 Å². The van der Waals surface area contributed by atoms with E-state index in [1.165, 1.54) is 0 Å². The zero-order chi connectivity index (χ0) is 29.6. The first kappa shape index (κ1) is 32.6. The van der Waals surface area contributed by atoms with E-state index in [1.54, 1.807) is 35.5 Å². The van der Waals surface area contributed by atoms with Gasteiger partial charge in [-0.1, -0.05) is 29.8 Å². The van der Waals surface area contributed by atoms with Crippen molar-refractivity contribution in [1.29, 1.82) is 0 Å². The first-order valence-electron chi connectivity index (χ1n) is 13.5. The molecule has 224 valence electrons. The number of benzene rings is 3. The monoisotopic (exact) mass is 586 g/mol. The summed E-state index contributed by atoms with van der Waals surface area (Å²) in [4.78, 5) is 0. The molecule has 0 aromatic heterocycles. The molecular weight excluding hydrogens is 543 g/mol. The Morgan fingerprint density at radius 1 is 0.561 bits per heavy atom. The highest BCUT2D eigenvalue weighted by molar-refractivity contribution is 7.80. The smallest absolute Gasteiger partial charge is 0.130 e. The van der Waals surface area contributed by atoms with Crippen molar-refractivity contribution in [2.24, 2.45) is 0 Å². The summed E-state index contributed by atoms with van der Waals surface area (Å²) in [5.41, 5.74) is 3.37. The number of ether oxygens (including phenoxy) is 8. The van der Waals surface area contributed by atoms with Gasteiger partial charge in [-0.25, -0.2) is 0 Å². The fourth-order valence-corrected chi connectivity index (χ4v) is 7.58. The Morgan fingerprint density at radius 2 is 1.00 bits per heavy atom. The molecule has 0 aliphatic carbocycles. The first-order chi connectivity index (χ1) is 20.0. The second kappa shape index (κ2) is 17.2. The highest BCUT2D eigenvalue weighted by Crippen LogP contribution is 2.46. The molecule has 0 aliphatic rings. The molecule has 0 saturated heterocycles. The zero-order valence-corrected chi connectivity index (χ0v) is 26.2. The second-order valence-corrected chi connectivity index (χ2v) is 11.2. The molecule has 0 amide bonds. The van der Waals surface area contributed by atoms with E-state index >= 15 is 0 Å². The van der Waals surface area contributed by atoms with Gasteiger partial charge in [0.2, 0.25) is 0 Å². The molecule has 0 unspecified atom stereocenters. The highest BCUT2D eigenvalue weighted by atomic mass is 31.1. The minimum absolute atomic E-state index is 0.462. The molecule has 0 N–H and O–H groups in total. The topological polar surface area (TPSA) is 73.8 Å². The SMILES string of the molecule is COCCOCCOCCOCc1cc(C)cc(P(c2c(OC)cccc2OC)c2c(OC)cccc2OC)c1C. The van der Waals surface area contributed by atoms with Gasteiger partial charge >= 0.3 is 0 Å². The third-order valence-corrected chi connectivity index (χ3v) is 9.28. The molecule has 41 heavy (non-hydrogen) atoms. The van der Waals surface area contributed by atoms with Crippen LogP contribution in [0, 0.1) is 13.8 Å².